The van der Waals surface area contributed by atoms with Gasteiger partial charge in [-0.3, -0.25) is 9.59 Å². The van der Waals surface area contributed by atoms with Crippen LogP contribution in [0, 0.1) is 23.7 Å². The number of methoxy groups -OCH3 is 1. The van der Waals surface area contributed by atoms with Crippen molar-refractivity contribution >= 4 is 44.5 Å². The van der Waals surface area contributed by atoms with E-state index < -0.39 is 87.8 Å². The predicted octanol–water partition coefficient (Wildman–Crippen LogP) is 4.28. The van der Waals surface area contributed by atoms with E-state index in [1.807, 2.05) is 25.9 Å². The van der Waals surface area contributed by atoms with Gasteiger partial charge < -0.3 is 43.2 Å². The van der Waals surface area contributed by atoms with Crippen LogP contribution >= 0.6 is 22.6 Å². The predicted molar refractivity (Wildman–Crippen MR) is 173 cm³/mol. The molecule has 264 valence electrons. The Balaban J connectivity index is 2.12. The molecule has 14 heteroatoms. The minimum absolute atomic E-state index is 0.138. The van der Waals surface area contributed by atoms with Crippen molar-refractivity contribution in [3.8, 4) is 0 Å². The number of rotatable bonds is 6. The van der Waals surface area contributed by atoms with E-state index in [2.05, 4.69) is 0 Å². The molecule has 46 heavy (non-hydrogen) atoms. The van der Waals surface area contributed by atoms with Gasteiger partial charge in [-0.25, -0.2) is 9.59 Å². The zero-order valence-corrected chi connectivity index (χ0v) is 31.0. The molecule has 0 amide bonds. The maximum absolute atomic E-state index is 14.0. The molecule has 0 aromatic rings. The molecular weight excluding hydrogens is 717 g/mol. The summed E-state index contributed by atoms with van der Waals surface area (Å²) in [5.41, 5.74) is -2.66. The third-order valence-corrected chi connectivity index (χ3v) is 10.4. The highest BCUT2D eigenvalue weighted by molar-refractivity contribution is 14.1. The molecule has 3 aliphatic heterocycles. The molecule has 3 saturated heterocycles. The van der Waals surface area contributed by atoms with Crippen LogP contribution in [0.5, 0.6) is 0 Å². The Morgan fingerprint density at radius 3 is 2.24 bits per heavy atom. The number of carbonyl (C=O) groups is 4. The first kappa shape index (κ1) is 38.9. The lowest BCUT2D eigenvalue weighted by atomic mass is 9.74. The van der Waals surface area contributed by atoms with Gasteiger partial charge in [0.1, 0.15) is 11.9 Å². The van der Waals surface area contributed by atoms with Gasteiger partial charge in [0.25, 0.3) is 0 Å². The van der Waals surface area contributed by atoms with E-state index in [-0.39, 0.29) is 30.8 Å². The van der Waals surface area contributed by atoms with Gasteiger partial charge in [-0.05, 0) is 61.1 Å². The van der Waals surface area contributed by atoms with Crippen molar-refractivity contribution in [1.29, 1.82) is 0 Å². The monoisotopic (exact) mass is 769 g/mol. The Labute approximate surface area is 285 Å². The lowest BCUT2D eigenvalue weighted by Gasteiger charge is -2.48. The van der Waals surface area contributed by atoms with E-state index in [9.17, 15) is 24.3 Å². The van der Waals surface area contributed by atoms with E-state index in [0.717, 1.165) is 0 Å². The van der Waals surface area contributed by atoms with Gasteiger partial charge in [0.05, 0.1) is 64.4 Å². The fourth-order valence-electron chi connectivity index (χ4n) is 7.42. The van der Waals surface area contributed by atoms with Gasteiger partial charge >= 0.3 is 16.1 Å². The number of esters is 1. The lowest BCUT2D eigenvalue weighted by Crippen LogP contribution is -2.60. The molecule has 3 aliphatic rings. The zero-order chi connectivity index (χ0) is 34.9. The van der Waals surface area contributed by atoms with Gasteiger partial charge in [-0.1, -0.05) is 27.7 Å². The molecular formula is C32H52INO12. The summed E-state index contributed by atoms with van der Waals surface area (Å²) in [6.07, 6.45) is -6.37. The number of hydrogen-bond donors (Lipinski definition) is 1. The average molecular weight is 770 g/mol. The molecule has 13 nitrogen and oxygen atoms in total. The standard InChI is InChI=1S/C32H52INO12/c1-12-21-32(8)26(45-30(39)46-32)17(4)22(35)15(2)14-31(7,40-11)25(18(5)23(36)19(6)27(37)42-21)44-28-24(43-29(33)38)20(34(9)10)13-16(3)41-28/h15-21,23-26,28,36H,12-14H2,1-11H3/t15-,16-,17+,18+,19-,20+,21?,23+,24-,25-,26-,28?,31-,32-/m1/s1. The first-order valence-electron chi connectivity index (χ1n) is 16.0. The quantitative estimate of drug-likeness (QED) is 0.177. The number of ketones is 1. The van der Waals surface area contributed by atoms with E-state index in [1.54, 1.807) is 71.1 Å². The molecule has 0 radical (unpaired) electrons. The first-order chi connectivity index (χ1) is 21.3. The van der Waals surface area contributed by atoms with Crippen LogP contribution < -0.4 is 0 Å². The summed E-state index contributed by atoms with van der Waals surface area (Å²) in [5.74, 6) is -4.21. The molecule has 3 fully saturated rings. The second-order valence-corrected chi connectivity index (χ2v) is 14.7. The van der Waals surface area contributed by atoms with Gasteiger partial charge in [0.2, 0.25) is 0 Å². The number of hydrogen-bond acceptors (Lipinski definition) is 13. The third-order valence-electron chi connectivity index (χ3n) is 10.2. The Bertz CT molecular complexity index is 1120. The number of Topliss-reactive ketones (excluding diaryl/α,β-unsaturated/α-hetero) is 1. The lowest BCUT2D eigenvalue weighted by molar-refractivity contribution is -0.299. The summed E-state index contributed by atoms with van der Waals surface area (Å²) in [5, 5.41) is 11.7. The Kier molecular flexibility index (Phi) is 12.9. The van der Waals surface area contributed by atoms with E-state index in [4.69, 9.17) is 33.2 Å². The summed E-state index contributed by atoms with van der Waals surface area (Å²) in [7, 11) is 5.25. The highest BCUT2D eigenvalue weighted by atomic mass is 127. The van der Waals surface area contributed by atoms with Crippen molar-refractivity contribution in [1.82, 2.24) is 4.90 Å². The van der Waals surface area contributed by atoms with Crippen molar-refractivity contribution in [2.75, 3.05) is 21.2 Å². The maximum Gasteiger partial charge on any atom is 0.509 e. The highest BCUT2D eigenvalue weighted by Gasteiger charge is 2.59. The number of aliphatic hydroxyl groups excluding tert-OH is 1. The van der Waals surface area contributed by atoms with Gasteiger partial charge in [0.15, 0.2) is 24.1 Å². The van der Waals surface area contributed by atoms with Crippen LogP contribution in [0.25, 0.3) is 0 Å². The normalized spacial score (nSPS) is 44.4. The van der Waals surface area contributed by atoms with Crippen molar-refractivity contribution in [2.24, 2.45) is 23.7 Å². The molecule has 1 N–H and O–H groups in total. The Morgan fingerprint density at radius 1 is 1.07 bits per heavy atom. The van der Waals surface area contributed by atoms with Gasteiger partial charge in [-0.15, -0.1) is 0 Å². The van der Waals surface area contributed by atoms with Crippen LogP contribution in [0.1, 0.15) is 74.7 Å². The van der Waals surface area contributed by atoms with Gasteiger partial charge in [0, 0.05) is 18.9 Å². The van der Waals surface area contributed by atoms with Crippen molar-refractivity contribution in [3.63, 3.8) is 0 Å². The summed E-state index contributed by atoms with van der Waals surface area (Å²) in [6, 6.07) is -0.244. The second kappa shape index (κ2) is 15.3. The topological polar surface area (TPSA) is 156 Å². The minimum Gasteiger partial charge on any atom is -0.458 e. The molecule has 0 aromatic heterocycles. The van der Waals surface area contributed by atoms with Crippen molar-refractivity contribution < 1.29 is 57.4 Å². The van der Waals surface area contributed by atoms with Crippen LogP contribution in [0.2, 0.25) is 0 Å². The molecule has 0 saturated carbocycles. The molecule has 0 aromatic carbocycles. The van der Waals surface area contributed by atoms with Crippen LogP contribution in [-0.4, -0.2) is 113 Å². The number of ether oxygens (including phenoxy) is 7. The number of carbonyl (C=O) groups excluding carboxylic acids is 4. The van der Waals surface area contributed by atoms with E-state index >= 15 is 0 Å². The fraction of sp³-hybridized carbons (Fsp3) is 0.875. The fourth-order valence-corrected chi connectivity index (χ4v) is 7.71. The second-order valence-electron chi connectivity index (χ2n) is 13.8. The van der Waals surface area contributed by atoms with Crippen molar-refractivity contribution in [2.45, 2.75) is 135 Å². The molecule has 0 aliphatic carbocycles. The Hall–Kier alpha value is -1.59. The third kappa shape index (κ3) is 7.99. The molecule has 3 heterocycles. The largest absolute Gasteiger partial charge is 0.509 e. The summed E-state index contributed by atoms with van der Waals surface area (Å²) < 4.78 is 41.3. The van der Waals surface area contributed by atoms with Crippen LogP contribution in [0.4, 0.5) is 9.59 Å². The summed E-state index contributed by atoms with van der Waals surface area (Å²) in [6.45, 7) is 13.7. The maximum atomic E-state index is 14.0. The van der Waals surface area contributed by atoms with Crippen LogP contribution in [0.15, 0.2) is 0 Å². The number of nitrogens with zero attached hydrogens (tertiary/aromatic N) is 1. The molecule has 14 atom stereocenters. The van der Waals surface area contributed by atoms with Crippen LogP contribution in [-0.2, 0) is 42.7 Å². The molecule has 3 rings (SSSR count). The number of likely N-dealkylation sites (N-methyl/N-ethyl adjacent to an activating group) is 1. The summed E-state index contributed by atoms with van der Waals surface area (Å²) in [4.78, 5) is 54.2. The molecule has 2 unspecified atom stereocenters. The minimum atomic E-state index is -1.43. The van der Waals surface area contributed by atoms with Gasteiger partial charge in [-0.2, -0.15) is 0 Å². The number of fused-ring (bicyclic) bond motifs is 1. The van der Waals surface area contributed by atoms with Crippen molar-refractivity contribution in [3.05, 3.63) is 0 Å². The molecule has 0 bridgehead atoms. The van der Waals surface area contributed by atoms with Crippen LogP contribution in [0.3, 0.4) is 0 Å². The first-order valence-corrected chi connectivity index (χ1v) is 17.1. The summed E-state index contributed by atoms with van der Waals surface area (Å²) >= 11 is 1.57. The number of halogens is 1. The number of cyclic esters (lactones) is 1. The molecule has 0 spiro atoms. The highest BCUT2D eigenvalue weighted by Crippen LogP contribution is 2.42. The van der Waals surface area contributed by atoms with E-state index in [0.29, 0.717) is 6.42 Å². The smallest absolute Gasteiger partial charge is 0.458 e. The zero-order valence-electron chi connectivity index (χ0n) is 28.8. The Morgan fingerprint density at radius 2 is 1.70 bits per heavy atom. The number of aliphatic hydroxyl groups is 1. The average Bonchev–Trinajstić information content (AvgIpc) is 3.30. The van der Waals surface area contributed by atoms with E-state index in [1.165, 1.54) is 7.11 Å². The SMILES string of the molecule is CCC1OC(=O)[C@H](C)[C@@H](O)[C@H](C)[C@@H](OC2O[C@H](C)C[C@H](N(C)C)[C@H]2OC(=O)I)[C@](C)(OC)C[C@@H](C)C(=O)[C@H](C)[C@H]2OC(=O)O[C@]12C.